The number of carbonyl (C=O) groups excluding carboxylic acids is 6. The fraction of sp³-hybridized carbons (Fsp3) is 0.533. The third-order valence-electron chi connectivity index (χ3n) is 11.4. The number of benzene rings is 2. The number of halogens is 1. The number of aliphatic hydroxyl groups is 1. The van der Waals surface area contributed by atoms with Crippen LogP contribution in [-0.4, -0.2) is 131 Å². The first-order chi connectivity index (χ1) is 30.5. The number of esters is 1. The molecule has 2 aliphatic heterocycles. The zero-order chi connectivity index (χ0) is 47.0. The largest absolute Gasteiger partial charge is 0.467 e. The Bertz CT molecular complexity index is 1940. The number of hydrogen-bond acceptors (Lipinski definition) is 12. The van der Waals surface area contributed by atoms with Gasteiger partial charge in [-0.05, 0) is 68.7 Å². The number of ether oxygens (including phenoxy) is 3. The Labute approximate surface area is 385 Å². The molecular weight excluding hydrogens is 866 g/mol. The van der Waals surface area contributed by atoms with Crippen LogP contribution in [0.5, 0.6) is 0 Å². The van der Waals surface area contributed by atoms with Crippen molar-refractivity contribution in [1.29, 1.82) is 0 Å². The molecule has 4 rings (SSSR count). The molecule has 2 saturated heterocycles. The van der Waals surface area contributed by atoms with E-state index in [1.807, 2.05) is 44.2 Å². The lowest BCUT2D eigenvalue weighted by atomic mass is 9.97. The summed E-state index contributed by atoms with van der Waals surface area (Å²) in [4.78, 5) is 84.5. The van der Waals surface area contributed by atoms with Gasteiger partial charge in [-0.2, -0.15) is 0 Å². The molecule has 2 heterocycles. The van der Waals surface area contributed by atoms with Crippen molar-refractivity contribution >= 4 is 64.5 Å². The number of aliphatic hydroxyl groups excluding tert-OH is 1. The van der Waals surface area contributed by atoms with Crippen LogP contribution < -0.4 is 26.8 Å². The minimum atomic E-state index is -1.28. The molecule has 0 spiro atoms. The Hall–Kier alpha value is -5.14. The Balaban J connectivity index is 1.49. The van der Waals surface area contributed by atoms with E-state index in [-0.39, 0.29) is 37.1 Å². The molecule has 0 radical (unpaired) electrons. The standard InChI is InChI=1S/C45H62ClN7O10S/c1-7-28(3)37(42(58)53-23-13-17-36(53)43(59)61-6)49-38(55)33(25-54)48-40(64)35-16-12-22-52(35)41(57)32(24-29-14-10-9-11-15-29)47-39(56)34(27-63-45(4,5)8-2)50-51-44(60)62-26-30-18-20-31(46)21-19-30/h8-11,14-15,18-21,28,32-37,50,54H,2,7,12-13,16-17,22-27H2,1,3-6H3,(H,47,56)(H,48,64)(H,49,55)(H,51,60)/t28-,32-,33-,34-,35-,36-,37-/m0/s1. The Morgan fingerprint density at radius 2 is 1.52 bits per heavy atom. The molecule has 6 N–H and O–H groups in total. The van der Waals surface area contributed by atoms with E-state index in [9.17, 15) is 33.9 Å². The molecule has 0 aromatic heterocycles. The first-order valence-electron chi connectivity index (χ1n) is 21.5. The van der Waals surface area contributed by atoms with Crippen molar-refractivity contribution in [2.75, 3.05) is 33.4 Å². The molecule has 0 bridgehead atoms. The smallest absolute Gasteiger partial charge is 0.421 e. The van der Waals surface area contributed by atoms with Crippen molar-refractivity contribution in [3.8, 4) is 0 Å². The van der Waals surface area contributed by atoms with Crippen LogP contribution in [0.15, 0.2) is 67.3 Å². The molecule has 350 valence electrons. The first kappa shape index (κ1) is 51.5. The summed E-state index contributed by atoms with van der Waals surface area (Å²) in [6, 6.07) is 9.77. The molecular formula is C45H62ClN7O10S. The van der Waals surface area contributed by atoms with Gasteiger partial charge in [-0.3, -0.25) is 24.6 Å². The van der Waals surface area contributed by atoms with E-state index in [0.717, 1.165) is 5.56 Å². The van der Waals surface area contributed by atoms with Gasteiger partial charge in [-0.15, -0.1) is 6.58 Å². The van der Waals surface area contributed by atoms with Gasteiger partial charge in [0.05, 0.1) is 37.0 Å². The van der Waals surface area contributed by atoms with E-state index in [1.54, 1.807) is 44.2 Å². The van der Waals surface area contributed by atoms with Gasteiger partial charge < -0.3 is 45.1 Å². The zero-order valence-electron chi connectivity index (χ0n) is 37.1. The second-order valence-electron chi connectivity index (χ2n) is 16.4. The van der Waals surface area contributed by atoms with Crippen LogP contribution in [-0.2, 0) is 51.2 Å². The maximum absolute atomic E-state index is 14.6. The fourth-order valence-electron chi connectivity index (χ4n) is 7.27. The SMILES string of the molecule is C=CC(C)(C)OC[C@H](NNC(=O)OCc1ccc(Cl)cc1)C(=O)N[C@@H](Cc1ccccc1)C(=O)N1CCC[C@H]1C(=S)N[C@@H](CO)C(=O)N[C@H](C(=O)N1CCC[C@H]1C(=O)OC)[C@@H](C)CC. The van der Waals surface area contributed by atoms with Crippen molar-refractivity contribution in [1.82, 2.24) is 36.6 Å². The van der Waals surface area contributed by atoms with Gasteiger partial charge >= 0.3 is 12.1 Å². The second-order valence-corrected chi connectivity index (χ2v) is 17.3. The van der Waals surface area contributed by atoms with E-state index in [2.05, 4.69) is 33.4 Å². The van der Waals surface area contributed by atoms with Crippen LogP contribution in [0.2, 0.25) is 5.02 Å². The van der Waals surface area contributed by atoms with Gasteiger partial charge in [0.15, 0.2) is 0 Å². The van der Waals surface area contributed by atoms with Crippen LogP contribution in [0.25, 0.3) is 0 Å². The van der Waals surface area contributed by atoms with E-state index >= 15 is 0 Å². The summed E-state index contributed by atoms with van der Waals surface area (Å²) < 4.78 is 16.2. The number of thiocarbonyl (C=S) groups is 1. The summed E-state index contributed by atoms with van der Waals surface area (Å²) in [6.07, 6.45) is 3.36. The van der Waals surface area contributed by atoms with Gasteiger partial charge in [0, 0.05) is 24.5 Å². The van der Waals surface area contributed by atoms with Crippen LogP contribution in [0.4, 0.5) is 4.79 Å². The fourth-order valence-corrected chi connectivity index (χ4v) is 7.78. The predicted octanol–water partition coefficient (Wildman–Crippen LogP) is 3.11. The number of hydrogen-bond donors (Lipinski definition) is 6. The molecule has 2 aromatic carbocycles. The third-order valence-corrected chi connectivity index (χ3v) is 12.0. The minimum absolute atomic E-state index is 0.0670. The lowest BCUT2D eigenvalue weighted by molar-refractivity contribution is -0.152. The minimum Gasteiger partial charge on any atom is -0.467 e. The van der Waals surface area contributed by atoms with Crippen LogP contribution in [0, 0.1) is 5.92 Å². The van der Waals surface area contributed by atoms with Crippen molar-refractivity contribution in [2.45, 2.75) is 115 Å². The highest BCUT2D eigenvalue weighted by molar-refractivity contribution is 7.80. The molecule has 2 aliphatic rings. The molecule has 0 unspecified atom stereocenters. The van der Waals surface area contributed by atoms with E-state index < -0.39 is 84.2 Å². The zero-order valence-corrected chi connectivity index (χ0v) is 38.7. The van der Waals surface area contributed by atoms with Crippen LogP contribution in [0.1, 0.15) is 70.9 Å². The molecule has 17 nitrogen and oxygen atoms in total. The highest BCUT2D eigenvalue weighted by Gasteiger charge is 2.42. The topological polar surface area (TPSA) is 217 Å². The number of likely N-dealkylation sites (tertiary alicyclic amines) is 2. The van der Waals surface area contributed by atoms with E-state index in [0.29, 0.717) is 49.2 Å². The van der Waals surface area contributed by atoms with Crippen molar-refractivity contribution in [2.24, 2.45) is 5.92 Å². The number of rotatable bonds is 22. The molecule has 19 heteroatoms. The molecule has 2 fully saturated rings. The van der Waals surface area contributed by atoms with Gasteiger partial charge in [0.25, 0.3) is 0 Å². The Kier molecular flexibility index (Phi) is 19.9. The molecule has 5 amide bonds. The van der Waals surface area contributed by atoms with Crippen LogP contribution in [0.3, 0.4) is 0 Å². The third kappa shape index (κ3) is 14.7. The molecule has 0 saturated carbocycles. The summed E-state index contributed by atoms with van der Waals surface area (Å²) in [5.74, 6) is -3.08. The van der Waals surface area contributed by atoms with Gasteiger partial charge in [-0.1, -0.05) is 92.6 Å². The maximum Gasteiger partial charge on any atom is 0.421 e. The molecule has 0 aliphatic carbocycles. The normalized spacial score (nSPS) is 18.4. The lowest BCUT2D eigenvalue weighted by Gasteiger charge is -2.33. The highest BCUT2D eigenvalue weighted by atomic mass is 35.5. The molecule has 64 heavy (non-hydrogen) atoms. The van der Waals surface area contributed by atoms with Crippen LogP contribution >= 0.6 is 23.8 Å². The number of carbonyl (C=O) groups is 6. The Morgan fingerprint density at radius 3 is 2.12 bits per heavy atom. The van der Waals surface area contributed by atoms with Crippen molar-refractivity contribution in [3.05, 3.63) is 83.4 Å². The van der Waals surface area contributed by atoms with Gasteiger partial charge in [-0.25, -0.2) is 15.0 Å². The second kappa shape index (κ2) is 24.8. The number of nitrogens with one attached hydrogen (secondary N) is 5. The predicted molar refractivity (Wildman–Crippen MR) is 243 cm³/mol. The van der Waals surface area contributed by atoms with E-state index in [4.69, 9.17) is 38.0 Å². The maximum atomic E-state index is 14.6. The summed E-state index contributed by atoms with van der Waals surface area (Å²) in [6.45, 7) is 10.6. The lowest BCUT2D eigenvalue weighted by Crippen LogP contribution is -2.61. The summed E-state index contributed by atoms with van der Waals surface area (Å²) >= 11 is 11.8. The average molecular weight is 929 g/mol. The van der Waals surface area contributed by atoms with Crippen molar-refractivity contribution in [3.63, 3.8) is 0 Å². The van der Waals surface area contributed by atoms with Crippen molar-refractivity contribution < 1.29 is 48.1 Å². The van der Waals surface area contributed by atoms with Gasteiger partial charge in [0.2, 0.25) is 23.6 Å². The highest BCUT2D eigenvalue weighted by Crippen LogP contribution is 2.24. The monoisotopic (exact) mass is 927 g/mol. The van der Waals surface area contributed by atoms with E-state index in [1.165, 1.54) is 16.9 Å². The summed E-state index contributed by atoms with van der Waals surface area (Å²) in [5.41, 5.74) is 5.67. The Morgan fingerprint density at radius 1 is 0.891 bits per heavy atom. The number of hydrazine groups is 1. The summed E-state index contributed by atoms with van der Waals surface area (Å²) in [5, 5.41) is 19.5. The average Bonchev–Trinajstić information content (AvgIpc) is 4.00. The summed E-state index contributed by atoms with van der Waals surface area (Å²) in [7, 11) is 1.26. The first-order valence-corrected chi connectivity index (χ1v) is 22.3. The van der Waals surface area contributed by atoms with Gasteiger partial charge in [0.1, 0.15) is 36.8 Å². The number of methoxy groups -OCH3 is 1. The quantitative estimate of drug-likeness (QED) is 0.0434. The number of nitrogens with zero attached hydrogens (tertiary/aromatic N) is 2. The number of amides is 5. The molecule has 7 atom stereocenters. The molecule has 2 aromatic rings.